The van der Waals surface area contributed by atoms with E-state index in [1.54, 1.807) is 0 Å². The second kappa shape index (κ2) is 8.85. The third-order valence-corrected chi connectivity index (χ3v) is 4.01. The SMILES string of the molecule is CCNC(=NCc1cc(-c2ccccc2)on1)NC(C)c1ccccc1. The molecule has 0 radical (unpaired) electrons. The van der Waals surface area contributed by atoms with Gasteiger partial charge in [0.25, 0.3) is 0 Å². The molecule has 5 heteroatoms. The maximum absolute atomic E-state index is 5.43. The smallest absolute Gasteiger partial charge is 0.192 e. The molecule has 1 heterocycles. The van der Waals surface area contributed by atoms with Gasteiger partial charge in [-0.15, -0.1) is 0 Å². The molecule has 2 aromatic carbocycles. The minimum absolute atomic E-state index is 0.159. The third kappa shape index (κ3) is 4.72. The average molecular weight is 348 g/mol. The zero-order valence-electron chi connectivity index (χ0n) is 15.1. The van der Waals surface area contributed by atoms with Gasteiger partial charge in [0, 0.05) is 18.2 Å². The molecule has 5 nitrogen and oxygen atoms in total. The average Bonchev–Trinajstić information content (AvgIpc) is 3.17. The second-order valence-electron chi connectivity index (χ2n) is 6.02. The van der Waals surface area contributed by atoms with Crippen molar-refractivity contribution in [3.63, 3.8) is 0 Å². The largest absolute Gasteiger partial charge is 0.357 e. The van der Waals surface area contributed by atoms with Gasteiger partial charge in [-0.1, -0.05) is 65.8 Å². The Labute approximate surface area is 154 Å². The van der Waals surface area contributed by atoms with E-state index in [0.29, 0.717) is 6.54 Å². The molecule has 1 aromatic heterocycles. The Morgan fingerprint density at radius 3 is 2.46 bits per heavy atom. The van der Waals surface area contributed by atoms with Crippen LogP contribution in [0.3, 0.4) is 0 Å². The summed E-state index contributed by atoms with van der Waals surface area (Å²) in [6.07, 6.45) is 0. The number of guanidine groups is 1. The maximum atomic E-state index is 5.43. The molecule has 3 rings (SSSR count). The molecule has 0 saturated heterocycles. The predicted octanol–water partition coefficient (Wildman–Crippen LogP) is 4.16. The van der Waals surface area contributed by atoms with Crippen molar-refractivity contribution in [3.05, 3.63) is 78.0 Å². The Morgan fingerprint density at radius 2 is 1.77 bits per heavy atom. The van der Waals surface area contributed by atoms with E-state index in [4.69, 9.17) is 4.52 Å². The summed E-state index contributed by atoms with van der Waals surface area (Å²) in [6, 6.07) is 22.3. The van der Waals surface area contributed by atoms with Crippen molar-refractivity contribution in [2.45, 2.75) is 26.4 Å². The lowest BCUT2D eigenvalue weighted by Gasteiger charge is -2.18. The summed E-state index contributed by atoms with van der Waals surface area (Å²) in [4.78, 5) is 4.63. The van der Waals surface area contributed by atoms with Crippen LogP contribution in [0.4, 0.5) is 0 Å². The van der Waals surface area contributed by atoms with Crippen LogP contribution < -0.4 is 10.6 Å². The lowest BCUT2D eigenvalue weighted by Crippen LogP contribution is -2.38. The molecule has 0 amide bonds. The fourth-order valence-electron chi connectivity index (χ4n) is 2.64. The van der Waals surface area contributed by atoms with Crippen LogP contribution in [0.1, 0.15) is 31.1 Å². The van der Waals surface area contributed by atoms with Gasteiger partial charge in [-0.2, -0.15) is 0 Å². The van der Waals surface area contributed by atoms with Crippen molar-refractivity contribution in [1.29, 1.82) is 0 Å². The molecule has 0 spiro atoms. The summed E-state index contributed by atoms with van der Waals surface area (Å²) in [5.41, 5.74) is 3.03. The van der Waals surface area contributed by atoms with Gasteiger partial charge in [-0.05, 0) is 19.4 Å². The highest BCUT2D eigenvalue weighted by Crippen LogP contribution is 2.20. The molecule has 0 aliphatic heterocycles. The molecule has 0 aliphatic carbocycles. The minimum Gasteiger partial charge on any atom is -0.357 e. The lowest BCUT2D eigenvalue weighted by atomic mass is 10.1. The molecular weight excluding hydrogens is 324 g/mol. The minimum atomic E-state index is 0.159. The van der Waals surface area contributed by atoms with Crippen LogP contribution in [0.15, 0.2) is 76.2 Å². The zero-order valence-corrected chi connectivity index (χ0v) is 15.1. The van der Waals surface area contributed by atoms with Gasteiger partial charge in [0.05, 0.1) is 12.6 Å². The molecule has 2 N–H and O–H groups in total. The summed E-state index contributed by atoms with van der Waals surface area (Å²) < 4.78 is 5.43. The molecule has 1 unspecified atom stereocenters. The number of nitrogens with zero attached hydrogens (tertiary/aromatic N) is 2. The first-order valence-electron chi connectivity index (χ1n) is 8.87. The third-order valence-electron chi connectivity index (χ3n) is 4.01. The Hall–Kier alpha value is -3.08. The predicted molar refractivity (Wildman–Crippen MR) is 105 cm³/mol. The summed E-state index contributed by atoms with van der Waals surface area (Å²) in [5.74, 6) is 1.51. The van der Waals surface area contributed by atoms with Crippen molar-refractivity contribution in [1.82, 2.24) is 15.8 Å². The van der Waals surface area contributed by atoms with E-state index in [2.05, 4.69) is 39.8 Å². The zero-order chi connectivity index (χ0) is 18.2. The monoisotopic (exact) mass is 348 g/mol. The van der Waals surface area contributed by atoms with E-state index in [1.165, 1.54) is 5.56 Å². The van der Waals surface area contributed by atoms with Crippen molar-refractivity contribution < 1.29 is 4.52 Å². The highest BCUT2D eigenvalue weighted by atomic mass is 16.5. The Bertz CT molecular complexity index is 827. The van der Waals surface area contributed by atoms with E-state index >= 15 is 0 Å². The first-order chi connectivity index (χ1) is 12.8. The number of nitrogens with one attached hydrogen (secondary N) is 2. The molecule has 26 heavy (non-hydrogen) atoms. The fraction of sp³-hybridized carbons (Fsp3) is 0.238. The molecular formula is C21H24N4O. The number of aliphatic imine (C=N–C) groups is 1. The summed E-state index contributed by atoms with van der Waals surface area (Å²) >= 11 is 0. The van der Waals surface area contributed by atoms with Crippen LogP contribution in [0, 0.1) is 0 Å². The van der Waals surface area contributed by atoms with Crippen LogP contribution in [0.25, 0.3) is 11.3 Å². The molecule has 3 aromatic rings. The first-order valence-corrected chi connectivity index (χ1v) is 8.87. The molecule has 0 saturated carbocycles. The van der Waals surface area contributed by atoms with Gasteiger partial charge in [0.1, 0.15) is 5.69 Å². The summed E-state index contributed by atoms with van der Waals surface area (Å²) in [5, 5.41) is 10.8. The fourth-order valence-corrected chi connectivity index (χ4v) is 2.64. The Kier molecular flexibility index (Phi) is 6.04. The van der Waals surface area contributed by atoms with Gasteiger partial charge < -0.3 is 15.2 Å². The molecule has 134 valence electrons. The van der Waals surface area contributed by atoms with Crippen molar-refractivity contribution in [3.8, 4) is 11.3 Å². The highest BCUT2D eigenvalue weighted by Gasteiger charge is 2.09. The number of hydrogen-bond acceptors (Lipinski definition) is 3. The maximum Gasteiger partial charge on any atom is 0.192 e. The van der Waals surface area contributed by atoms with Gasteiger partial charge >= 0.3 is 0 Å². The van der Waals surface area contributed by atoms with E-state index in [-0.39, 0.29) is 6.04 Å². The lowest BCUT2D eigenvalue weighted by molar-refractivity contribution is 0.424. The molecule has 1 atom stereocenters. The topological polar surface area (TPSA) is 62.5 Å². The standard InChI is InChI=1S/C21H24N4O/c1-3-22-21(24-16(2)17-10-6-4-7-11-17)23-15-19-14-20(26-25-19)18-12-8-5-9-13-18/h4-14,16H,3,15H2,1-2H3,(H2,22,23,24). The highest BCUT2D eigenvalue weighted by molar-refractivity contribution is 5.80. The number of rotatable bonds is 6. The molecule has 0 aliphatic rings. The van der Waals surface area contributed by atoms with Crippen LogP contribution in [-0.4, -0.2) is 17.7 Å². The van der Waals surface area contributed by atoms with E-state index < -0.39 is 0 Å². The molecule has 0 bridgehead atoms. The van der Waals surface area contributed by atoms with Crippen molar-refractivity contribution in [2.24, 2.45) is 4.99 Å². The van der Waals surface area contributed by atoms with Crippen molar-refractivity contribution >= 4 is 5.96 Å². The second-order valence-corrected chi connectivity index (χ2v) is 6.02. The number of hydrogen-bond donors (Lipinski definition) is 2. The quantitative estimate of drug-likeness (QED) is 0.519. The van der Waals surface area contributed by atoms with Gasteiger partial charge in [0.2, 0.25) is 0 Å². The van der Waals surface area contributed by atoms with Crippen LogP contribution in [-0.2, 0) is 6.54 Å². The Morgan fingerprint density at radius 1 is 1.08 bits per heavy atom. The molecule has 0 fully saturated rings. The van der Waals surface area contributed by atoms with Crippen molar-refractivity contribution in [2.75, 3.05) is 6.54 Å². The first kappa shape index (κ1) is 17.7. The summed E-state index contributed by atoms with van der Waals surface area (Å²) in [6.45, 7) is 5.41. The van der Waals surface area contributed by atoms with Gasteiger partial charge in [-0.25, -0.2) is 4.99 Å². The van der Waals surface area contributed by atoms with E-state index in [9.17, 15) is 0 Å². The van der Waals surface area contributed by atoms with E-state index in [1.807, 2.05) is 61.5 Å². The van der Waals surface area contributed by atoms with Gasteiger partial charge in [-0.3, -0.25) is 0 Å². The normalized spacial score (nSPS) is 12.6. The van der Waals surface area contributed by atoms with E-state index in [0.717, 1.165) is 29.5 Å². The Balaban J connectivity index is 1.67. The van der Waals surface area contributed by atoms with Crippen LogP contribution in [0.2, 0.25) is 0 Å². The van der Waals surface area contributed by atoms with Gasteiger partial charge in [0.15, 0.2) is 11.7 Å². The number of benzene rings is 2. The summed E-state index contributed by atoms with van der Waals surface area (Å²) in [7, 11) is 0. The number of aromatic nitrogens is 1. The van der Waals surface area contributed by atoms with Crippen LogP contribution in [0.5, 0.6) is 0 Å². The van der Waals surface area contributed by atoms with Crippen LogP contribution >= 0.6 is 0 Å².